The van der Waals surface area contributed by atoms with Gasteiger partial charge in [0.2, 0.25) is 0 Å². The molecule has 0 saturated carbocycles. The third-order valence-electron chi connectivity index (χ3n) is 2.52. The first-order valence-electron chi connectivity index (χ1n) is 5.39. The molecule has 0 aliphatic carbocycles. The largest absolute Gasteiger partial charge is 0.377 e. The number of ether oxygens (including phenoxy) is 1. The van der Waals surface area contributed by atoms with E-state index in [1.54, 1.807) is 0 Å². The van der Waals surface area contributed by atoms with E-state index in [4.69, 9.17) is 10.5 Å². The average molecular weight is 219 g/mol. The summed E-state index contributed by atoms with van der Waals surface area (Å²) in [5.74, 6) is 1.78. The smallest absolute Gasteiger partial charge is 0.0690 e. The maximum Gasteiger partial charge on any atom is 0.0690 e. The van der Waals surface area contributed by atoms with E-state index in [0.29, 0.717) is 18.2 Å². The maximum absolute atomic E-state index is 11.7. The van der Waals surface area contributed by atoms with Crippen molar-refractivity contribution < 1.29 is 8.95 Å². The van der Waals surface area contributed by atoms with E-state index in [0.717, 1.165) is 25.2 Å². The molecule has 0 radical (unpaired) electrons. The van der Waals surface area contributed by atoms with E-state index < -0.39 is 10.8 Å². The number of hydrogen-bond acceptors (Lipinski definition) is 3. The van der Waals surface area contributed by atoms with E-state index in [1.807, 2.05) is 6.92 Å². The quantitative estimate of drug-likeness (QED) is 0.747. The van der Waals surface area contributed by atoms with Gasteiger partial charge in [-0.15, -0.1) is 0 Å². The highest BCUT2D eigenvalue weighted by Gasteiger charge is 2.17. The van der Waals surface area contributed by atoms with Crippen molar-refractivity contribution in [2.75, 3.05) is 24.7 Å². The summed E-state index contributed by atoms with van der Waals surface area (Å²) >= 11 is 0. The lowest BCUT2D eigenvalue weighted by Gasteiger charge is -2.22. The molecule has 3 nitrogen and oxygen atoms in total. The van der Waals surface area contributed by atoms with Crippen molar-refractivity contribution in [1.82, 2.24) is 0 Å². The predicted molar refractivity (Wildman–Crippen MR) is 59.7 cm³/mol. The molecule has 1 aliphatic rings. The first-order chi connectivity index (χ1) is 6.72. The van der Waals surface area contributed by atoms with Crippen LogP contribution >= 0.6 is 0 Å². The van der Waals surface area contributed by atoms with Crippen LogP contribution in [0.25, 0.3) is 0 Å². The molecule has 2 N–H and O–H groups in total. The Morgan fingerprint density at radius 3 is 2.93 bits per heavy atom. The Labute approximate surface area is 88.8 Å². The van der Waals surface area contributed by atoms with Gasteiger partial charge in [-0.2, -0.15) is 0 Å². The van der Waals surface area contributed by atoms with Crippen molar-refractivity contribution in [2.45, 2.75) is 32.3 Å². The first-order valence-corrected chi connectivity index (χ1v) is 6.88. The summed E-state index contributed by atoms with van der Waals surface area (Å²) in [7, 11) is -0.753. The molecule has 1 fully saturated rings. The number of hydrogen-bond donors (Lipinski definition) is 1. The molecule has 0 spiro atoms. The minimum Gasteiger partial charge on any atom is -0.377 e. The summed E-state index contributed by atoms with van der Waals surface area (Å²) in [5, 5.41) is 0. The highest BCUT2D eigenvalue weighted by atomic mass is 32.2. The Morgan fingerprint density at radius 1 is 1.57 bits per heavy atom. The van der Waals surface area contributed by atoms with E-state index in [1.165, 1.54) is 6.42 Å². The molecule has 14 heavy (non-hydrogen) atoms. The zero-order chi connectivity index (χ0) is 10.4. The van der Waals surface area contributed by atoms with Crippen LogP contribution in [0, 0.1) is 5.92 Å². The second-order valence-corrected chi connectivity index (χ2v) is 5.65. The summed E-state index contributed by atoms with van der Waals surface area (Å²) in [4.78, 5) is 0. The Morgan fingerprint density at radius 2 is 2.36 bits per heavy atom. The van der Waals surface area contributed by atoms with Gasteiger partial charge in [0.05, 0.1) is 6.10 Å². The maximum atomic E-state index is 11.7. The normalized spacial score (nSPS) is 27.1. The molecule has 0 aromatic carbocycles. The Kier molecular flexibility index (Phi) is 5.67. The van der Waals surface area contributed by atoms with E-state index >= 15 is 0 Å². The van der Waals surface area contributed by atoms with Gasteiger partial charge in [-0.1, -0.05) is 6.92 Å². The lowest BCUT2D eigenvalue weighted by molar-refractivity contribution is 0.0310. The van der Waals surface area contributed by atoms with Gasteiger partial charge in [0.1, 0.15) is 0 Å². The Bertz CT molecular complexity index is 181. The van der Waals surface area contributed by atoms with Gasteiger partial charge in [0.15, 0.2) is 0 Å². The van der Waals surface area contributed by atoms with Crippen molar-refractivity contribution in [1.29, 1.82) is 0 Å². The average Bonchev–Trinajstić information content (AvgIpc) is 2.19. The van der Waals surface area contributed by atoms with Gasteiger partial charge >= 0.3 is 0 Å². The van der Waals surface area contributed by atoms with Crippen molar-refractivity contribution in [2.24, 2.45) is 11.7 Å². The van der Waals surface area contributed by atoms with Crippen LogP contribution in [0.3, 0.4) is 0 Å². The minimum atomic E-state index is -0.753. The van der Waals surface area contributed by atoms with Crippen molar-refractivity contribution in [3.63, 3.8) is 0 Å². The van der Waals surface area contributed by atoms with E-state index in [9.17, 15) is 4.21 Å². The SMILES string of the molecule is CC(CN)CS(=O)CC1CCCCO1. The Hall–Kier alpha value is 0.0700. The topological polar surface area (TPSA) is 52.3 Å². The summed E-state index contributed by atoms with van der Waals surface area (Å²) in [6, 6.07) is 0. The van der Waals surface area contributed by atoms with Crippen LogP contribution in [0.2, 0.25) is 0 Å². The molecule has 1 saturated heterocycles. The van der Waals surface area contributed by atoms with Crippen LogP contribution in [0.15, 0.2) is 0 Å². The van der Waals surface area contributed by atoms with Gasteiger partial charge in [-0.3, -0.25) is 4.21 Å². The van der Waals surface area contributed by atoms with Gasteiger partial charge in [-0.25, -0.2) is 0 Å². The fraction of sp³-hybridized carbons (Fsp3) is 1.00. The fourth-order valence-corrected chi connectivity index (χ4v) is 3.18. The number of nitrogens with two attached hydrogens (primary N) is 1. The summed E-state index contributed by atoms with van der Waals surface area (Å²) in [6.07, 6.45) is 3.67. The van der Waals surface area contributed by atoms with E-state index in [-0.39, 0.29) is 6.10 Å². The van der Waals surface area contributed by atoms with Gasteiger partial charge in [0, 0.05) is 28.9 Å². The second-order valence-electron chi connectivity index (χ2n) is 4.10. The van der Waals surface area contributed by atoms with Crippen LogP contribution in [0.4, 0.5) is 0 Å². The molecule has 1 aliphatic heterocycles. The zero-order valence-electron chi connectivity index (χ0n) is 8.91. The fourth-order valence-electron chi connectivity index (χ4n) is 1.60. The third kappa shape index (κ3) is 4.53. The highest BCUT2D eigenvalue weighted by molar-refractivity contribution is 7.85. The molecule has 1 heterocycles. The molecule has 0 aromatic rings. The molecule has 0 bridgehead atoms. The van der Waals surface area contributed by atoms with Crippen LogP contribution in [0.1, 0.15) is 26.2 Å². The molecule has 0 amide bonds. The zero-order valence-corrected chi connectivity index (χ0v) is 9.72. The highest BCUT2D eigenvalue weighted by Crippen LogP contribution is 2.14. The standard InChI is InChI=1S/C10H21NO2S/c1-9(6-11)7-14(12)8-10-4-2-3-5-13-10/h9-10H,2-8,11H2,1H3. The Balaban J connectivity index is 2.18. The van der Waals surface area contributed by atoms with Crippen LogP contribution in [0.5, 0.6) is 0 Å². The monoisotopic (exact) mass is 219 g/mol. The molecule has 84 valence electrons. The molecule has 0 aromatic heterocycles. The van der Waals surface area contributed by atoms with Crippen molar-refractivity contribution in [3.8, 4) is 0 Å². The van der Waals surface area contributed by atoms with Crippen LogP contribution in [-0.4, -0.2) is 35.0 Å². The van der Waals surface area contributed by atoms with Crippen LogP contribution in [-0.2, 0) is 15.5 Å². The van der Waals surface area contributed by atoms with Crippen molar-refractivity contribution >= 4 is 10.8 Å². The van der Waals surface area contributed by atoms with Gasteiger partial charge in [-0.05, 0) is 31.7 Å². The molecule has 4 heteroatoms. The lowest BCUT2D eigenvalue weighted by Crippen LogP contribution is -2.28. The van der Waals surface area contributed by atoms with Gasteiger partial charge in [0.25, 0.3) is 0 Å². The van der Waals surface area contributed by atoms with Crippen LogP contribution < -0.4 is 5.73 Å². The lowest BCUT2D eigenvalue weighted by atomic mass is 10.1. The first kappa shape index (κ1) is 12.1. The molecule has 3 unspecified atom stereocenters. The summed E-state index contributed by atoms with van der Waals surface area (Å²) in [6.45, 7) is 3.51. The summed E-state index contributed by atoms with van der Waals surface area (Å²) < 4.78 is 17.2. The molecule has 3 atom stereocenters. The predicted octanol–water partition coefficient (Wildman–Crippen LogP) is 0.899. The molecular weight excluding hydrogens is 198 g/mol. The van der Waals surface area contributed by atoms with Crippen molar-refractivity contribution in [3.05, 3.63) is 0 Å². The van der Waals surface area contributed by atoms with Gasteiger partial charge < -0.3 is 10.5 Å². The summed E-state index contributed by atoms with van der Waals surface area (Å²) in [5.41, 5.74) is 5.49. The molecular formula is C10H21NO2S. The van der Waals surface area contributed by atoms with E-state index in [2.05, 4.69) is 0 Å². The molecule has 1 rings (SSSR count). The number of rotatable bonds is 5. The third-order valence-corrected chi connectivity index (χ3v) is 4.20. The minimum absolute atomic E-state index is 0.231. The second kappa shape index (κ2) is 6.53.